The smallest absolute Gasteiger partial charge is 0.224 e. The first-order valence-electron chi connectivity index (χ1n) is 7.55. The van der Waals surface area contributed by atoms with Crippen LogP contribution in [-0.2, 0) is 17.6 Å². The number of hydrogen-bond donors (Lipinski definition) is 1. The van der Waals surface area contributed by atoms with Crippen molar-refractivity contribution in [1.29, 1.82) is 0 Å². The van der Waals surface area contributed by atoms with Crippen LogP contribution in [0.2, 0.25) is 0 Å². The highest BCUT2D eigenvalue weighted by atomic mass is 79.9. The molecule has 0 spiro atoms. The zero-order valence-electron chi connectivity index (χ0n) is 12.9. The highest BCUT2D eigenvalue weighted by Gasteiger charge is 2.05. The number of nitrogens with one attached hydrogen (secondary N) is 1. The Morgan fingerprint density at radius 2 is 2.13 bits per heavy atom. The van der Waals surface area contributed by atoms with Crippen molar-refractivity contribution in [2.75, 3.05) is 6.54 Å². The lowest BCUT2D eigenvalue weighted by Gasteiger charge is -2.05. The molecule has 23 heavy (non-hydrogen) atoms. The topological polar surface area (TPSA) is 46.4 Å². The second-order valence-electron chi connectivity index (χ2n) is 5.61. The van der Waals surface area contributed by atoms with Crippen LogP contribution in [0.5, 0.6) is 0 Å². The summed E-state index contributed by atoms with van der Waals surface area (Å²) in [7, 11) is 0. The number of aryl methyl sites for hydroxylation is 1. The van der Waals surface area contributed by atoms with Gasteiger partial charge in [0.1, 0.15) is 5.65 Å². The number of nitrogens with zero attached hydrogens (tertiary/aromatic N) is 2. The quantitative estimate of drug-likeness (QED) is 0.747. The van der Waals surface area contributed by atoms with Crippen molar-refractivity contribution < 1.29 is 4.79 Å². The van der Waals surface area contributed by atoms with Crippen LogP contribution in [0.1, 0.15) is 16.8 Å². The molecule has 3 aromatic rings. The van der Waals surface area contributed by atoms with Crippen molar-refractivity contribution in [2.24, 2.45) is 0 Å². The molecule has 118 valence electrons. The van der Waals surface area contributed by atoms with Gasteiger partial charge in [-0.1, -0.05) is 29.8 Å². The van der Waals surface area contributed by atoms with E-state index in [2.05, 4.69) is 26.2 Å². The standard InChI is InChI=1S/C18H18BrN3O/c1-13-3-2-4-14(9-13)10-18(23)20-8-7-16-12-22-11-15(19)5-6-17(22)21-16/h2-6,9,11-12H,7-8,10H2,1H3,(H,20,23). The summed E-state index contributed by atoms with van der Waals surface area (Å²) < 4.78 is 2.99. The largest absolute Gasteiger partial charge is 0.355 e. The van der Waals surface area contributed by atoms with Gasteiger partial charge < -0.3 is 9.72 Å². The van der Waals surface area contributed by atoms with E-state index >= 15 is 0 Å². The van der Waals surface area contributed by atoms with E-state index in [0.29, 0.717) is 13.0 Å². The van der Waals surface area contributed by atoms with Crippen molar-refractivity contribution in [3.63, 3.8) is 0 Å². The highest BCUT2D eigenvalue weighted by molar-refractivity contribution is 9.10. The van der Waals surface area contributed by atoms with Crippen LogP contribution in [0.15, 0.2) is 53.3 Å². The highest BCUT2D eigenvalue weighted by Crippen LogP contribution is 2.12. The average molecular weight is 372 g/mol. The van der Waals surface area contributed by atoms with Gasteiger partial charge in [0.15, 0.2) is 0 Å². The van der Waals surface area contributed by atoms with Gasteiger partial charge in [0.2, 0.25) is 5.91 Å². The van der Waals surface area contributed by atoms with Gasteiger partial charge in [-0.25, -0.2) is 4.98 Å². The Balaban J connectivity index is 1.52. The third-order valence-electron chi connectivity index (χ3n) is 3.62. The fourth-order valence-electron chi connectivity index (χ4n) is 2.54. The molecule has 1 aromatic carbocycles. The summed E-state index contributed by atoms with van der Waals surface area (Å²) in [5.41, 5.74) is 4.10. The lowest BCUT2D eigenvalue weighted by molar-refractivity contribution is -0.120. The van der Waals surface area contributed by atoms with E-state index in [1.165, 1.54) is 5.56 Å². The van der Waals surface area contributed by atoms with E-state index in [4.69, 9.17) is 0 Å². The molecule has 0 aliphatic carbocycles. The van der Waals surface area contributed by atoms with Crippen molar-refractivity contribution in [3.8, 4) is 0 Å². The first kappa shape index (κ1) is 15.7. The molecule has 2 aromatic heterocycles. The lowest BCUT2D eigenvalue weighted by Crippen LogP contribution is -2.27. The van der Waals surface area contributed by atoms with Crippen molar-refractivity contribution in [3.05, 3.63) is 70.1 Å². The normalized spacial score (nSPS) is 10.9. The van der Waals surface area contributed by atoms with E-state index in [0.717, 1.165) is 27.8 Å². The summed E-state index contributed by atoms with van der Waals surface area (Å²) in [5, 5.41) is 2.96. The zero-order chi connectivity index (χ0) is 16.2. The van der Waals surface area contributed by atoms with E-state index in [1.54, 1.807) is 0 Å². The van der Waals surface area contributed by atoms with Crippen LogP contribution in [0.25, 0.3) is 5.65 Å². The second kappa shape index (κ2) is 6.96. The Bertz CT molecular complexity index is 841. The Morgan fingerprint density at radius 3 is 2.96 bits per heavy atom. The lowest BCUT2D eigenvalue weighted by atomic mass is 10.1. The zero-order valence-corrected chi connectivity index (χ0v) is 14.5. The minimum atomic E-state index is 0.0436. The number of aromatic nitrogens is 2. The van der Waals surface area contributed by atoms with Crippen LogP contribution < -0.4 is 5.32 Å². The van der Waals surface area contributed by atoms with Gasteiger partial charge in [0.25, 0.3) is 0 Å². The molecular weight excluding hydrogens is 354 g/mol. The molecule has 0 fully saturated rings. The number of carbonyl (C=O) groups excluding carboxylic acids is 1. The Morgan fingerprint density at radius 1 is 1.26 bits per heavy atom. The maximum Gasteiger partial charge on any atom is 0.224 e. The first-order chi connectivity index (χ1) is 11.1. The number of amides is 1. The van der Waals surface area contributed by atoms with E-state index < -0.39 is 0 Å². The summed E-state index contributed by atoms with van der Waals surface area (Å²) in [6, 6.07) is 12.0. The number of carbonyl (C=O) groups is 1. The molecule has 0 atom stereocenters. The molecule has 0 bridgehead atoms. The molecule has 0 unspecified atom stereocenters. The number of pyridine rings is 1. The van der Waals surface area contributed by atoms with Crippen LogP contribution in [-0.4, -0.2) is 21.8 Å². The second-order valence-corrected chi connectivity index (χ2v) is 6.53. The number of hydrogen-bond acceptors (Lipinski definition) is 2. The molecule has 0 saturated carbocycles. The first-order valence-corrected chi connectivity index (χ1v) is 8.35. The predicted octanol–water partition coefficient (Wildman–Crippen LogP) is 3.31. The number of imidazole rings is 1. The molecule has 0 aliphatic heterocycles. The Hall–Kier alpha value is -2.14. The summed E-state index contributed by atoms with van der Waals surface area (Å²) >= 11 is 3.44. The molecule has 4 nitrogen and oxygen atoms in total. The molecule has 0 radical (unpaired) electrons. The van der Waals surface area contributed by atoms with E-state index in [9.17, 15) is 4.79 Å². The van der Waals surface area contributed by atoms with Crippen LogP contribution in [0.3, 0.4) is 0 Å². The molecule has 1 N–H and O–H groups in total. The molecule has 3 rings (SSSR count). The average Bonchev–Trinajstić information content (AvgIpc) is 2.89. The molecule has 0 saturated heterocycles. The third kappa shape index (κ3) is 4.20. The SMILES string of the molecule is Cc1cccc(CC(=O)NCCc2cn3cc(Br)ccc3n2)c1. The van der Waals surface area contributed by atoms with Gasteiger partial charge in [-0.3, -0.25) is 4.79 Å². The van der Waals surface area contributed by atoms with E-state index in [-0.39, 0.29) is 5.91 Å². The van der Waals surface area contributed by atoms with Gasteiger partial charge in [-0.2, -0.15) is 0 Å². The summed E-state index contributed by atoms with van der Waals surface area (Å²) in [5.74, 6) is 0.0436. The van der Waals surface area contributed by atoms with Crippen molar-refractivity contribution in [2.45, 2.75) is 19.8 Å². The fraction of sp³-hybridized carbons (Fsp3) is 0.222. The summed E-state index contributed by atoms with van der Waals surface area (Å²) in [6.07, 6.45) is 5.10. The minimum Gasteiger partial charge on any atom is -0.355 e. The summed E-state index contributed by atoms with van der Waals surface area (Å²) in [6.45, 7) is 2.62. The summed E-state index contributed by atoms with van der Waals surface area (Å²) in [4.78, 5) is 16.5. The third-order valence-corrected chi connectivity index (χ3v) is 4.08. The number of halogens is 1. The molecule has 1 amide bonds. The molecular formula is C18H18BrN3O. The van der Waals surface area contributed by atoms with Gasteiger partial charge in [0.05, 0.1) is 12.1 Å². The van der Waals surface area contributed by atoms with Gasteiger partial charge in [-0.05, 0) is 40.5 Å². The maximum atomic E-state index is 12.0. The molecule has 0 aliphatic rings. The fourth-order valence-corrected chi connectivity index (χ4v) is 2.89. The van der Waals surface area contributed by atoms with Crippen LogP contribution in [0, 0.1) is 6.92 Å². The monoisotopic (exact) mass is 371 g/mol. The van der Waals surface area contributed by atoms with Gasteiger partial charge in [-0.15, -0.1) is 0 Å². The van der Waals surface area contributed by atoms with Gasteiger partial charge >= 0.3 is 0 Å². The Kier molecular flexibility index (Phi) is 4.76. The van der Waals surface area contributed by atoms with Crippen molar-refractivity contribution in [1.82, 2.24) is 14.7 Å². The number of rotatable bonds is 5. The number of fused-ring (bicyclic) bond motifs is 1. The predicted molar refractivity (Wildman–Crippen MR) is 94.5 cm³/mol. The minimum absolute atomic E-state index is 0.0436. The number of benzene rings is 1. The maximum absolute atomic E-state index is 12.0. The van der Waals surface area contributed by atoms with Gasteiger partial charge in [0, 0.05) is 29.8 Å². The van der Waals surface area contributed by atoms with Crippen LogP contribution in [0.4, 0.5) is 0 Å². The Labute approximate surface area is 143 Å². The molecule has 2 heterocycles. The molecule has 5 heteroatoms. The van der Waals surface area contributed by atoms with Crippen molar-refractivity contribution >= 4 is 27.5 Å². The van der Waals surface area contributed by atoms with Crippen LogP contribution >= 0.6 is 15.9 Å². The van der Waals surface area contributed by atoms with E-state index in [1.807, 2.05) is 60.1 Å².